The van der Waals surface area contributed by atoms with Crippen LogP contribution in [0.2, 0.25) is 0 Å². The number of amides is 1. The molecule has 0 radical (unpaired) electrons. The van der Waals surface area contributed by atoms with Crippen molar-refractivity contribution < 1.29 is 4.79 Å². The Labute approximate surface area is 116 Å². The number of nitrogens with zero attached hydrogens (tertiary/aromatic N) is 2. The van der Waals surface area contributed by atoms with Crippen molar-refractivity contribution >= 4 is 5.91 Å². The molecule has 1 aromatic carbocycles. The highest BCUT2D eigenvalue weighted by Gasteiger charge is 2.23. The van der Waals surface area contributed by atoms with Gasteiger partial charge in [-0.25, -0.2) is 0 Å². The van der Waals surface area contributed by atoms with Crippen LogP contribution in [0, 0.1) is 17.2 Å². The van der Waals surface area contributed by atoms with E-state index < -0.39 is 0 Å². The van der Waals surface area contributed by atoms with Crippen LogP contribution in [-0.2, 0) is 0 Å². The van der Waals surface area contributed by atoms with Crippen LogP contribution >= 0.6 is 0 Å². The van der Waals surface area contributed by atoms with Gasteiger partial charge in [0.25, 0.3) is 5.91 Å². The van der Waals surface area contributed by atoms with E-state index in [1.807, 2.05) is 6.07 Å². The number of rotatable bonds is 4. The van der Waals surface area contributed by atoms with E-state index in [0.29, 0.717) is 22.7 Å². The Morgan fingerprint density at radius 3 is 3.10 bits per heavy atom. The smallest absolute Gasteiger partial charge is 0.255 e. The number of nitriles is 1. The molecule has 1 fully saturated rings. The number of aromatic nitrogens is 2. The molecule has 0 atom stereocenters. The fraction of sp³-hybridized carbons (Fsp3) is 0.267. The molecule has 20 heavy (non-hydrogen) atoms. The van der Waals surface area contributed by atoms with E-state index in [1.165, 1.54) is 19.0 Å². The van der Waals surface area contributed by atoms with Gasteiger partial charge in [-0.2, -0.15) is 10.4 Å². The molecule has 0 saturated heterocycles. The van der Waals surface area contributed by atoms with Crippen molar-refractivity contribution in [2.75, 3.05) is 6.54 Å². The summed E-state index contributed by atoms with van der Waals surface area (Å²) in [6.07, 6.45) is 3.92. The normalized spacial score (nSPS) is 13.8. The molecule has 100 valence electrons. The first kappa shape index (κ1) is 12.4. The number of aromatic amines is 1. The molecule has 1 heterocycles. The molecular formula is C15H14N4O. The lowest BCUT2D eigenvalue weighted by molar-refractivity contribution is 0.0952. The lowest BCUT2D eigenvalue weighted by Gasteiger charge is -2.05. The van der Waals surface area contributed by atoms with Crippen molar-refractivity contribution in [1.29, 1.82) is 5.26 Å². The molecule has 0 bridgehead atoms. The van der Waals surface area contributed by atoms with Gasteiger partial charge in [-0.1, -0.05) is 12.1 Å². The Balaban J connectivity index is 1.84. The zero-order chi connectivity index (χ0) is 13.9. The molecule has 1 amide bonds. The molecule has 1 aliphatic carbocycles. The average molecular weight is 266 g/mol. The second kappa shape index (κ2) is 5.17. The first-order valence-electron chi connectivity index (χ1n) is 6.60. The maximum Gasteiger partial charge on any atom is 0.255 e. The van der Waals surface area contributed by atoms with Crippen LogP contribution in [0.4, 0.5) is 0 Å². The average Bonchev–Trinajstić information content (AvgIpc) is 3.19. The molecule has 5 heteroatoms. The molecule has 3 rings (SSSR count). The van der Waals surface area contributed by atoms with Crippen molar-refractivity contribution in [3.8, 4) is 17.3 Å². The Morgan fingerprint density at radius 1 is 1.50 bits per heavy atom. The van der Waals surface area contributed by atoms with Gasteiger partial charge in [0.1, 0.15) is 0 Å². The fourth-order valence-corrected chi connectivity index (χ4v) is 2.08. The SMILES string of the molecule is N#Cc1cccc(-c2[nH]ncc2C(=O)NCC2CC2)c1. The number of H-pyrrole nitrogens is 1. The van der Waals surface area contributed by atoms with Gasteiger partial charge in [0.2, 0.25) is 0 Å². The molecule has 0 aliphatic heterocycles. The second-order valence-electron chi connectivity index (χ2n) is 5.00. The molecule has 0 spiro atoms. The zero-order valence-corrected chi connectivity index (χ0v) is 10.9. The maximum absolute atomic E-state index is 12.2. The molecule has 0 unspecified atom stereocenters. The van der Waals surface area contributed by atoms with Crippen LogP contribution in [0.3, 0.4) is 0 Å². The topological polar surface area (TPSA) is 81.6 Å². The Kier molecular flexibility index (Phi) is 3.21. The summed E-state index contributed by atoms with van der Waals surface area (Å²) in [6.45, 7) is 0.724. The summed E-state index contributed by atoms with van der Waals surface area (Å²) in [4.78, 5) is 12.2. The van der Waals surface area contributed by atoms with E-state index in [4.69, 9.17) is 5.26 Å². The van der Waals surface area contributed by atoms with Gasteiger partial charge < -0.3 is 5.32 Å². The molecule has 1 saturated carbocycles. The van der Waals surface area contributed by atoms with Gasteiger partial charge in [-0.15, -0.1) is 0 Å². The number of benzene rings is 1. The van der Waals surface area contributed by atoms with Crippen LogP contribution in [-0.4, -0.2) is 22.6 Å². The third-order valence-electron chi connectivity index (χ3n) is 3.41. The summed E-state index contributed by atoms with van der Waals surface area (Å²) in [6, 6.07) is 9.21. The first-order valence-corrected chi connectivity index (χ1v) is 6.60. The zero-order valence-electron chi connectivity index (χ0n) is 10.9. The number of carbonyl (C=O) groups excluding carboxylic acids is 1. The molecule has 5 nitrogen and oxygen atoms in total. The summed E-state index contributed by atoms with van der Waals surface area (Å²) >= 11 is 0. The minimum atomic E-state index is -0.122. The van der Waals surface area contributed by atoms with Gasteiger partial charge in [0.15, 0.2) is 0 Å². The Bertz CT molecular complexity index is 679. The lowest BCUT2D eigenvalue weighted by Crippen LogP contribution is -2.25. The quantitative estimate of drug-likeness (QED) is 0.889. The highest BCUT2D eigenvalue weighted by Crippen LogP contribution is 2.28. The minimum absolute atomic E-state index is 0.122. The van der Waals surface area contributed by atoms with Gasteiger partial charge in [-0.05, 0) is 30.9 Å². The summed E-state index contributed by atoms with van der Waals surface area (Å²) in [5, 5.41) is 18.6. The van der Waals surface area contributed by atoms with E-state index in [2.05, 4.69) is 21.6 Å². The summed E-state index contributed by atoms with van der Waals surface area (Å²) in [7, 11) is 0. The van der Waals surface area contributed by atoms with Gasteiger partial charge >= 0.3 is 0 Å². The molecule has 1 aliphatic rings. The van der Waals surface area contributed by atoms with E-state index in [0.717, 1.165) is 12.1 Å². The third-order valence-corrected chi connectivity index (χ3v) is 3.41. The minimum Gasteiger partial charge on any atom is -0.352 e. The first-order chi connectivity index (χ1) is 9.78. The summed E-state index contributed by atoms with van der Waals surface area (Å²) < 4.78 is 0. The van der Waals surface area contributed by atoms with E-state index in [9.17, 15) is 4.79 Å². The van der Waals surface area contributed by atoms with Crippen LogP contribution in [0.5, 0.6) is 0 Å². The van der Waals surface area contributed by atoms with Crippen LogP contribution in [0.15, 0.2) is 30.5 Å². The highest BCUT2D eigenvalue weighted by atomic mass is 16.1. The van der Waals surface area contributed by atoms with Crippen molar-refractivity contribution in [2.24, 2.45) is 5.92 Å². The van der Waals surface area contributed by atoms with Gasteiger partial charge in [0.05, 0.1) is 29.1 Å². The predicted molar refractivity (Wildman–Crippen MR) is 73.8 cm³/mol. The molecule has 2 aromatic rings. The summed E-state index contributed by atoms with van der Waals surface area (Å²) in [5.74, 6) is 0.513. The standard InChI is InChI=1S/C15H14N4O/c16-7-11-2-1-3-12(6-11)14-13(9-18-19-14)15(20)17-8-10-4-5-10/h1-3,6,9-10H,4-5,8H2,(H,17,20)(H,18,19). The van der Waals surface area contributed by atoms with Crippen molar-refractivity contribution in [3.05, 3.63) is 41.6 Å². The maximum atomic E-state index is 12.2. The lowest BCUT2D eigenvalue weighted by atomic mass is 10.1. The van der Waals surface area contributed by atoms with Crippen LogP contribution in [0.1, 0.15) is 28.8 Å². The van der Waals surface area contributed by atoms with Gasteiger partial charge in [-0.3, -0.25) is 9.89 Å². The number of nitrogens with one attached hydrogen (secondary N) is 2. The molecule has 2 N–H and O–H groups in total. The van der Waals surface area contributed by atoms with E-state index in [1.54, 1.807) is 18.2 Å². The van der Waals surface area contributed by atoms with E-state index in [-0.39, 0.29) is 5.91 Å². The predicted octanol–water partition coefficient (Wildman–Crippen LogP) is 2.09. The number of hydrogen-bond donors (Lipinski definition) is 2. The summed E-state index contributed by atoms with van der Waals surface area (Å²) in [5.41, 5.74) is 2.51. The number of hydrogen-bond acceptors (Lipinski definition) is 3. The third kappa shape index (κ3) is 2.54. The second-order valence-corrected chi connectivity index (χ2v) is 5.00. The largest absolute Gasteiger partial charge is 0.352 e. The fourth-order valence-electron chi connectivity index (χ4n) is 2.08. The van der Waals surface area contributed by atoms with Crippen LogP contribution in [0.25, 0.3) is 11.3 Å². The van der Waals surface area contributed by atoms with Gasteiger partial charge in [0, 0.05) is 12.1 Å². The van der Waals surface area contributed by atoms with Crippen molar-refractivity contribution in [1.82, 2.24) is 15.5 Å². The van der Waals surface area contributed by atoms with Crippen LogP contribution < -0.4 is 5.32 Å². The number of carbonyl (C=O) groups is 1. The van der Waals surface area contributed by atoms with E-state index >= 15 is 0 Å². The molecular weight excluding hydrogens is 252 g/mol. The Morgan fingerprint density at radius 2 is 2.35 bits per heavy atom. The van der Waals surface area contributed by atoms with Crippen molar-refractivity contribution in [2.45, 2.75) is 12.8 Å². The van der Waals surface area contributed by atoms with Crippen molar-refractivity contribution in [3.63, 3.8) is 0 Å². The highest BCUT2D eigenvalue weighted by molar-refractivity contribution is 5.99. The Hall–Kier alpha value is -2.61. The monoisotopic (exact) mass is 266 g/mol. The molecule has 1 aromatic heterocycles.